The van der Waals surface area contributed by atoms with E-state index in [1.165, 1.54) is 13.3 Å². The predicted octanol–water partition coefficient (Wildman–Crippen LogP) is 3.48. The topological polar surface area (TPSA) is 128 Å². The minimum atomic E-state index is -0.228. The Kier molecular flexibility index (Phi) is 6.01. The molecule has 1 fully saturated rings. The van der Waals surface area contributed by atoms with Gasteiger partial charge in [0.05, 0.1) is 66.1 Å². The van der Waals surface area contributed by atoms with Gasteiger partial charge in [0.25, 0.3) is 0 Å². The van der Waals surface area contributed by atoms with E-state index in [4.69, 9.17) is 14.5 Å². The summed E-state index contributed by atoms with van der Waals surface area (Å²) in [6.45, 7) is 4.46. The van der Waals surface area contributed by atoms with Gasteiger partial charge in [-0.25, -0.2) is 9.97 Å². The number of carbonyl (C=O) groups excluding carboxylic acids is 1. The molecule has 35 heavy (non-hydrogen) atoms. The highest BCUT2D eigenvalue weighted by molar-refractivity contribution is 6.03. The molecule has 2 atom stereocenters. The summed E-state index contributed by atoms with van der Waals surface area (Å²) in [6, 6.07) is 8.00. The fourth-order valence-corrected chi connectivity index (χ4v) is 4.63. The molecule has 1 aliphatic rings. The first-order chi connectivity index (χ1) is 17.0. The number of benzene rings is 1. The molecule has 1 saturated heterocycles. The first-order valence-corrected chi connectivity index (χ1v) is 11.5. The van der Waals surface area contributed by atoms with E-state index >= 15 is 0 Å². The lowest BCUT2D eigenvalue weighted by Crippen LogP contribution is -2.27. The largest absolute Gasteiger partial charge is 0.467 e. The molecule has 10 nitrogen and oxygen atoms in total. The third kappa shape index (κ3) is 4.38. The van der Waals surface area contributed by atoms with E-state index in [1.807, 2.05) is 12.1 Å². The van der Waals surface area contributed by atoms with E-state index in [0.29, 0.717) is 34.9 Å². The maximum absolute atomic E-state index is 13.1. The third-order valence-electron chi connectivity index (χ3n) is 6.27. The van der Waals surface area contributed by atoms with E-state index in [-0.39, 0.29) is 30.5 Å². The Morgan fingerprint density at radius 1 is 1.29 bits per heavy atom. The number of methoxy groups -OCH3 is 1. The Morgan fingerprint density at radius 2 is 2.14 bits per heavy atom. The molecule has 3 aromatic heterocycles. The average Bonchev–Trinajstić information content (AvgIpc) is 3.23. The number of amides is 1. The van der Waals surface area contributed by atoms with E-state index in [1.54, 1.807) is 19.2 Å². The van der Waals surface area contributed by atoms with E-state index in [0.717, 1.165) is 29.3 Å². The van der Waals surface area contributed by atoms with Crippen LogP contribution >= 0.6 is 0 Å². The molecule has 0 spiro atoms. The minimum absolute atomic E-state index is 0.0608. The number of imidazole rings is 1. The van der Waals surface area contributed by atoms with Crippen molar-refractivity contribution >= 4 is 33.5 Å². The maximum Gasteiger partial charge on any atom is 0.316 e. The Bertz CT molecular complexity index is 1470. The van der Waals surface area contributed by atoms with Crippen molar-refractivity contribution in [2.75, 3.05) is 19.0 Å². The lowest BCUT2D eigenvalue weighted by Gasteiger charge is -2.30. The van der Waals surface area contributed by atoms with Crippen LogP contribution in [0.3, 0.4) is 0 Å². The number of ether oxygens (including phenoxy) is 2. The number of pyridine rings is 1. The Morgan fingerprint density at radius 3 is 2.89 bits per heavy atom. The summed E-state index contributed by atoms with van der Waals surface area (Å²) >= 11 is 0. The predicted molar refractivity (Wildman–Crippen MR) is 129 cm³/mol. The van der Waals surface area contributed by atoms with Crippen molar-refractivity contribution in [1.29, 1.82) is 5.26 Å². The van der Waals surface area contributed by atoms with Gasteiger partial charge in [0, 0.05) is 18.0 Å². The highest BCUT2D eigenvalue weighted by Crippen LogP contribution is 2.34. The second kappa shape index (κ2) is 9.27. The second-order valence-corrected chi connectivity index (χ2v) is 8.67. The molecule has 10 heteroatoms. The normalized spacial score (nSPS) is 17.9. The van der Waals surface area contributed by atoms with Crippen molar-refractivity contribution in [1.82, 2.24) is 24.5 Å². The number of aromatic nitrogens is 5. The summed E-state index contributed by atoms with van der Waals surface area (Å²) in [5, 5.41) is 13.2. The Balaban J connectivity index is 1.57. The molecule has 0 saturated carbocycles. The van der Waals surface area contributed by atoms with Crippen molar-refractivity contribution in [2.45, 2.75) is 45.3 Å². The molecule has 0 aliphatic carbocycles. The fraction of sp³-hybridized carbons (Fsp3) is 0.360. The van der Waals surface area contributed by atoms with Crippen molar-refractivity contribution in [2.24, 2.45) is 0 Å². The van der Waals surface area contributed by atoms with E-state index in [2.05, 4.69) is 37.8 Å². The molecule has 1 aliphatic heterocycles. The van der Waals surface area contributed by atoms with Gasteiger partial charge >= 0.3 is 6.01 Å². The lowest BCUT2D eigenvalue weighted by molar-refractivity contribution is -0.115. The number of hydrogen-bond donors (Lipinski definition) is 1. The molecule has 5 rings (SSSR count). The molecule has 178 valence electrons. The molecule has 0 bridgehead atoms. The number of nitrogens with zero attached hydrogens (tertiary/aromatic N) is 6. The van der Waals surface area contributed by atoms with E-state index in [9.17, 15) is 10.1 Å². The number of anilines is 1. The van der Waals surface area contributed by atoms with Crippen molar-refractivity contribution in [3.63, 3.8) is 0 Å². The standard InChI is InChI=1S/C25H25N7O3/c1-14-8-17(6-7-35-14)32-22(10-23(33)31-20-12-28-25(34-3)29-15(20)2)30-21-13-27-19-5-4-16(11-26)9-18(19)24(21)32/h4-5,9,12-14,17H,6-8,10H2,1-3H3,(H,31,33)/t14-,17-/m1/s1. The van der Waals surface area contributed by atoms with Gasteiger partial charge in [-0.05, 0) is 44.9 Å². The fourth-order valence-electron chi connectivity index (χ4n) is 4.63. The zero-order valence-corrected chi connectivity index (χ0v) is 19.8. The highest BCUT2D eigenvalue weighted by atomic mass is 16.5. The molecule has 4 aromatic rings. The summed E-state index contributed by atoms with van der Waals surface area (Å²) in [7, 11) is 1.49. The first kappa shape index (κ1) is 22.7. The number of rotatable bonds is 5. The SMILES string of the molecule is COc1ncc(NC(=O)Cc2nc3cnc4ccc(C#N)cc4c3n2[C@@H]2CCO[C@H](C)C2)c(C)n1. The number of hydrogen-bond acceptors (Lipinski definition) is 8. The summed E-state index contributed by atoms with van der Waals surface area (Å²) < 4.78 is 13.0. The Labute approximate surface area is 201 Å². The van der Waals surface area contributed by atoms with Crippen LogP contribution in [0.15, 0.2) is 30.6 Å². The van der Waals surface area contributed by atoms with Crippen LogP contribution in [0.1, 0.15) is 42.9 Å². The summed E-state index contributed by atoms with van der Waals surface area (Å²) in [4.78, 5) is 30.7. The van der Waals surface area contributed by atoms with Crippen LogP contribution in [-0.4, -0.2) is 50.2 Å². The van der Waals surface area contributed by atoms with Gasteiger partial charge in [0.1, 0.15) is 11.3 Å². The summed E-state index contributed by atoms with van der Waals surface area (Å²) in [6.07, 6.45) is 5.01. The van der Waals surface area contributed by atoms with Crippen LogP contribution in [0.2, 0.25) is 0 Å². The molecule has 0 unspecified atom stereocenters. The number of aryl methyl sites for hydroxylation is 1. The van der Waals surface area contributed by atoms with E-state index < -0.39 is 0 Å². The first-order valence-electron chi connectivity index (χ1n) is 11.5. The van der Waals surface area contributed by atoms with Crippen molar-refractivity contribution < 1.29 is 14.3 Å². The van der Waals surface area contributed by atoms with Crippen LogP contribution in [-0.2, 0) is 16.0 Å². The molecule has 4 heterocycles. The summed E-state index contributed by atoms with van der Waals surface area (Å²) in [5.41, 5.74) is 4.03. The maximum atomic E-state index is 13.1. The minimum Gasteiger partial charge on any atom is -0.467 e. The smallest absolute Gasteiger partial charge is 0.316 e. The summed E-state index contributed by atoms with van der Waals surface area (Å²) in [5.74, 6) is 0.411. The van der Waals surface area contributed by atoms with Crippen LogP contribution in [0.5, 0.6) is 6.01 Å². The quantitative estimate of drug-likeness (QED) is 0.468. The van der Waals surface area contributed by atoms with Crippen molar-refractivity contribution in [3.8, 4) is 12.1 Å². The number of carbonyl (C=O) groups is 1. The van der Waals surface area contributed by atoms with Gasteiger partial charge in [-0.15, -0.1) is 0 Å². The zero-order valence-electron chi connectivity index (χ0n) is 19.8. The molecule has 0 radical (unpaired) electrons. The van der Waals surface area contributed by atoms with Crippen LogP contribution < -0.4 is 10.1 Å². The van der Waals surface area contributed by atoms with Crippen LogP contribution in [0, 0.1) is 18.3 Å². The lowest BCUT2D eigenvalue weighted by atomic mass is 10.0. The van der Waals surface area contributed by atoms with Gasteiger partial charge in [-0.3, -0.25) is 9.78 Å². The molecular weight excluding hydrogens is 446 g/mol. The number of fused-ring (bicyclic) bond motifs is 3. The number of nitrogens with one attached hydrogen (secondary N) is 1. The van der Waals surface area contributed by atoms with Crippen LogP contribution in [0.25, 0.3) is 21.9 Å². The Hall–Kier alpha value is -4.10. The monoisotopic (exact) mass is 471 g/mol. The molecule has 1 amide bonds. The van der Waals surface area contributed by atoms with Gasteiger partial charge < -0.3 is 19.4 Å². The highest BCUT2D eigenvalue weighted by Gasteiger charge is 2.27. The molecular formula is C25H25N7O3. The third-order valence-corrected chi connectivity index (χ3v) is 6.27. The second-order valence-electron chi connectivity index (χ2n) is 8.67. The molecule has 1 N–H and O–H groups in total. The van der Waals surface area contributed by atoms with Gasteiger partial charge in [0.15, 0.2) is 0 Å². The van der Waals surface area contributed by atoms with Crippen molar-refractivity contribution in [3.05, 3.63) is 47.7 Å². The number of nitriles is 1. The van der Waals surface area contributed by atoms with Crippen LogP contribution in [0.4, 0.5) is 5.69 Å². The van der Waals surface area contributed by atoms with Gasteiger partial charge in [-0.2, -0.15) is 10.2 Å². The average molecular weight is 472 g/mol. The van der Waals surface area contributed by atoms with Gasteiger partial charge in [-0.1, -0.05) is 0 Å². The zero-order chi connectivity index (χ0) is 24.5. The van der Waals surface area contributed by atoms with Gasteiger partial charge in [0.2, 0.25) is 5.91 Å². The molecule has 1 aromatic carbocycles.